The highest BCUT2D eigenvalue weighted by Crippen LogP contribution is 2.27. The van der Waals surface area contributed by atoms with Crippen LogP contribution in [0.1, 0.15) is 32.6 Å². The summed E-state index contributed by atoms with van der Waals surface area (Å²) in [6.45, 7) is 2.03. The van der Waals surface area contributed by atoms with E-state index in [0.717, 1.165) is 12.8 Å². The molecule has 0 unspecified atom stereocenters. The van der Waals surface area contributed by atoms with E-state index >= 15 is 0 Å². The van der Waals surface area contributed by atoms with Crippen LogP contribution >= 0.6 is 0 Å². The van der Waals surface area contributed by atoms with Crippen molar-refractivity contribution in [2.45, 2.75) is 37.6 Å². The number of nitrogens with zero attached hydrogens (tertiary/aromatic N) is 2. The Morgan fingerprint density at radius 3 is 2.17 bits per heavy atom. The first-order valence-corrected chi connectivity index (χ1v) is 7.44. The second-order valence-electron chi connectivity index (χ2n) is 4.39. The molecule has 5 nitrogen and oxygen atoms in total. The molecule has 18 heavy (non-hydrogen) atoms. The highest BCUT2D eigenvalue weighted by molar-refractivity contribution is 7.87. The molecule has 98 valence electrons. The van der Waals surface area contributed by atoms with Crippen LogP contribution < -0.4 is 10.7 Å². The summed E-state index contributed by atoms with van der Waals surface area (Å²) in [5.74, 6) is 0. The molecule has 6 heteroatoms. The summed E-state index contributed by atoms with van der Waals surface area (Å²) in [5.41, 5.74) is 0. The van der Waals surface area contributed by atoms with E-state index in [1.807, 2.05) is 6.92 Å². The smallest absolute Gasteiger partial charge is 0.282 e. The minimum absolute atomic E-state index is 0.217. The number of benzene rings is 1. The third-order valence-corrected chi connectivity index (χ3v) is 4.20. The van der Waals surface area contributed by atoms with Crippen LogP contribution in [0, 0.1) is 0 Å². The predicted molar refractivity (Wildman–Crippen MR) is 67.2 cm³/mol. The van der Waals surface area contributed by atoms with Crippen molar-refractivity contribution in [1.29, 1.82) is 0 Å². The van der Waals surface area contributed by atoms with Crippen LogP contribution in [0.15, 0.2) is 34.3 Å². The Kier molecular flexibility index (Phi) is 3.49. The van der Waals surface area contributed by atoms with Crippen molar-refractivity contribution in [2.75, 3.05) is 0 Å². The van der Waals surface area contributed by atoms with Crippen molar-refractivity contribution < 1.29 is 13.0 Å². The Hall–Kier alpha value is -1.27. The average molecular weight is 268 g/mol. The first kappa shape index (κ1) is 13.2. The summed E-state index contributed by atoms with van der Waals surface area (Å²) in [6.07, 6.45) is 2.73. The minimum Gasteiger partial charge on any atom is -0.282 e. The van der Waals surface area contributed by atoms with E-state index in [4.69, 9.17) is 0 Å². The Morgan fingerprint density at radius 1 is 1.17 bits per heavy atom. The van der Waals surface area contributed by atoms with Crippen molar-refractivity contribution in [3.05, 3.63) is 35.0 Å². The third-order valence-electron chi connectivity index (χ3n) is 2.99. The lowest BCUT2D eigenvalue weighted by Gasteiger charge is -2.19. The Balaban J connectivity index is 2.45. The van der Waals surface area contributed by atoms with E-state index in [0.29, 0.717) is 17.1 Å². The maximum atomic E-state index is 11.6. The van der Waals surface area contributed by atoms with Crippen LogP contribution in [-0.2, 0) is 10.1 Å². The van der Waals surface area contributed by atoms with Gasteiger partial charge in [0, 0.05) is 6.42 Å². The lowest BCUT2D eigenvalue weighted by molar-refractivity contribution is 0.408. The topological polar surface area (TPSA) is 79.1 Å². The fourth-order valence-electron chi connectivity index (χ4n) is 2.02. The summed E-state index contributed by atoms with van der Waals surface area (Å²) in [4.78, 5) is 6.51. The predicted octanol–water partition coefficient (Wildman–Crippen LogP) is 1.06. The molecular formula is C12H16N2O3S. The maximum absolute atomic E-state index is 11.6. The fraction of sp³-hybridized carbons (Fsp3) is 0.500. The van der Waals surface area contributed by atoms with Gasteiger partial charge >= 0.3 is 10.1 Å². The van der Waals surface area contributed by atoms with E-state index in [1.165, 1.54) is 0 Å². The van der Waals surface area contributed by atoms with E-state index in [9.17, 15) is 13.0 Å². The van der Waals surface area contributed by atoms with Crippen molar-refractivity contribution in [2.24, 2.45) is 9.98 Å². The molecular weight excluding hydrogens is 252 g/mol. The van der Waals surface area contributed by atoms with Gasteiger partial charge in [-0.1, -0.05) is 31.9 Å². The summed E-state index contributed by atoms with van der Waals surface area (Å²) >= 11 is 0. The first-order chi connectivity index (χ1) is 8.48. The van der Waals surface area contributed by atoms with Gasteiger partial charge in [0.25, 0.3) is 4.99 Å². The Bertz CT molecular complexity index is 617. The van der Waals surface area contributed by atoms with Crippen LogP contribution in [0.4, 0.5) is 0 Å². The SMILES string of the molecule is CCCCCC1(S(=O)(=O)O)N=c2ccccc2=N1. The highest BCUT2D eigenvalue weighted by Gasteiger charge is 2.43. The first-order valence-electron chi connectivity index (χ1n) is 6.00. The Morgan fingerprint density at radius 2 is 1.72 bits per heavy atom. The maximum Gasteiger partial charge on any atom is 0.312 e. The molecule has 0 aromatic heterocycles. The third kappa shape index (κ3) is 2.30. The van der Waals surface area contributed by atoms with Gasteiger partial charge in [0.2, 0.25) is 0 Å². The molecule has 0 radical (unpaired) electrons. The van der Waals surface area contributed by atoms with Crippen molar-refractivity contribution in [3.8, 4) is 0 Å². The monoisotopic (exact) mass is 268 g/mol. The fourth-order valence-corrected chi connectivity index (χ4v) is 2.85. The molecule has 0 amide bonds. The largest absolute Gasteiger partial charge is 0.312 e. The van der Waals surface area contributed by atoms with Crippen LogP contribution in [-0.4, -0.2) is 18.0 Å². The number of unbranched alkanes of at least 4 members (excludes halogenated alkanes) is 2. The van der Waals surface area contributed by atoms with Gasteiger partial charge in [-0.3, -0.25) is 4.55 Å². The summed E-state index contributed by atoms with van der Waals surface area (Å²) in [6, 6.07) is 6.94. The molecule has 1 aromatic carbocycles. The van der Waals surface area contributed by atoms with Gasteiger partial charge in [0.15, 0.2) is 0 Å². The van der Waals surface area contributed by atoms with Gasteiger partial charge in [-0.15, -0.1) is 0 Å². The van der Waals surface area contributed by atoms with Crippen molar-refractivity contribution in [3.63, 3.8) is 0 Å². The van der Waals surface area contributed by atoms with Gasteiger partial charge < -0.3 is 0 Å². The lowest BCUT2D eigenvalue weighted by atomic mass is 10.2. The number of hydrogen-bond acceptors (Lipinski definition) is 4. The van der Waals surface area contributed by atoms with Gasteiger partial charge in [-0.25, -0.2) is 9.98 Å². The zero-order valence-electron chi connectivity index (χ0n) is 10.2. The number of fused-ring (bicyclic) bond motifs is 1. The van der Waals surface area contributed by atoms with E-state index < -0.39 is 15.1 Å². The van der Waals surface area contributed by atoms with E-state index in [1.54, 1.807) is 24.3 Å². The Labute approximate surface area is 106 Å². The molecule has 1 N–H and O–H groups in total. The minimum atomic E-state index is -4.35. The molecule has 1 aliphatic rings. The summed E-state index contributed by atoms with van der Waals surface area (Å²) in [7, 11) is -4.35. The normalized spacial score (nSPS) is 16.8. The van der Waals surface area contributed by atoms with Crippen molar-refractivity contribution in [1.82, 2.24) is 0 Å². The molecule has 1 aliphatic heterocycles. The number of para-hydroxylation sites is 2. The molecule has 0 spiro atoms. The van der Waals surface area contributed by atoms with E-state index in [2.05, 4.69) is 9.98 Å². The molecule has 1 heterocycles. The van der Waals surface area contributed by atoms with Crippen molar-refractivity contribution >= 4 is 10.1 Å². The molecule has 0 fully saturated rings. The zero-order chi connectivity index (χ0) is 13.2. The van der Waals surface area contributed by atoms with E-state index in [-0.39, 0.29) is 6.42 Å². The molecule has 0 bridgehead atoms. The van der Waals surface area contributed by atoms with Gasteiger partial charge in [-0.2, -0.15) is 8.42 Å². The molecule has 0 atom stereocenters. The standard InChI is InChI=1S/C12H16N2O3S/c1-2-3-6-9-12(18(15,16)17)13-10-7-4-5-8-11(10)14-12/h4-5,7-8H,2-3,6,9H2,1H3,(H,15,16,17). The van der Waals surface area contributed by atoms with Crippen LogP contribution in [0.5, 0.6) is 0 Å². The lowest BCUT2D eigenvalue weighted by Crippen LogP contribution is -2.33. The summed E-state index contributed by atoms with van der Waals surface area (Å²) in [5, 5.41) is 1.04. The van der Waals surface area contributed by atoms with Crippen LogP contribution in [0.3, 0.4) is 0 Å². The summed E-state index contributed by atoms with van der Waals surface area (Å²) < 4.78 is 32.6. The molecule has 1 aromatic rings. The quantitative estimate of drug-likeness (QED) is 0.640. The van der Waals surface area contributed by atoms with Gasteiger partial charge in [0.05, 0.1) is 10.7 Å². The molecule has 0 saturated heterocycles. The van der Waals surface area contributed by atoms with Gasteiger partial charge in [0.1, 0.15) is 0 Å². The average Bonchev–Trinajstić information content (AvgIpc) is 2.68. The molecule has 0 aliphatic carbocycles. The van der Waals surface area contributed by atoms with Crippen LogP contribution in [0.25, 0.3) is 0 Å². The highest BCUT2D eigenvalue weighted by atomic mass is 32.2. The molecule has 0 saturated carbocycles. The number of rotatable bonds is 5. The second kappa shape index (κ2) is 4.78. The number of hydrogen-bond donors (Lipinski definition) is 1. The second-order valence-corrected chi connectivity index (χ2v) is 5.99. The van der Waals surface area contributed by atoms with Gasteiger partial charge in [-0.05, 0) is 18.6 Å². The zero-order valence-corrected chi connectivity index (χ0v) is 11.0. The molecule has 2 rings (SSSR count). The van der Waals surface area contributed by atoms with Crippen LogP contribution in [0.2, 0.25) is 0 Å².